The number of likely N-dealkylation sites (N-methyl/N-ethyl adjacent to an activating group) is 1. The smallest absolute Gasteiger partial charge is 0.107 e. The quantitative estimate of drug-likeness (QED) is 0.849. The molecule has 0 aromatic carbocycles. The van der Waals surface area contributed by atoms with Crippen LogP contribution in [0.2, 0.25) is 0 Å². The summed E-state index contributed by atoms with van der Waals surface area (Å²) in [5.41, 5.74) is 7.99. The lowest BCUT2D eigenvalue weighted by Gasteiger charge is -2.21. The number of anilines is 1. The molecule has 2 N–H and O–H groups in total. The molecule has 0 fully saturated rings. The molecule has 0 amide bonds. The number of halogens is 2. The third-order valence-corrected chi connectivity index (χ3v) is 2.82. The fourth-order valence-corrected chi connectivity index (χ4v) is 2.06. The number of aromatic nitrogens is 1. The van der Waals surface area contributed by atoms with Gasteiger partial charge >= 0.3 is 0 Å². The van der Waals surface area contributed by atoms with Crippen LogP contribution >= 0.6 is 36.3 Å². The molecule has 0 saturated heterocycles. The number of nitrogen functional groups attached to an aromatic ring is 1. The van der Waals surface area contributed by atoms with E-state index in [0.29, 0.717) is 0 Å². The summed E-state index contributed by atoms with van der Waals surface area (Å²) >= 11 is 1.37. The monoisotopic (exact) mass is 267 g/mol. The van der Waals surface area contributed by atoms with Crippen molar-refractivity contribution in [2.24, 2.45) is 0 Å². The summed E-state index contributed by atoms with van der Waals surface area (Å²) in [6, 6.07) is 1.95. The molecule has 1 aliphatic rings. The van der Waals surface area contributed by atoms with Gasteiger partial charge in [0, 0.05) is 19.2 Å². The minimum Gasteiger partial charge on any atom is -0.389 e. The first-order valence-corrected chi connectivity index (χ1v) is 5.13. The Bertz CT molecular complexity index is 338. The van der Waals surface area contributed by atoms with E-state index in [0.717, 1.165) is 30.2 Å². The van der Waals surface area contributed by atoms with E-state index >= 15 is 0 Å². The van der Waals surface area contributed by atoms with Crippen LogP contribution in [0.25, 0.3) is 5.57 Å². The number of hydrogen-bond donors (Lipinski definition) is 1. The number of rotatable bonds is 1. The molecule has 0 saturated carbocycles. The van der Waals surface area contributed by atoms with Gasteiger partial charge in [-0.3, -0.25) is 0 Å². The van der Waals surface area contributed by atoms with Crippen molar-refractivity contribution in [2.45, 2.75) is 6.42 Å². The van der Waals surface area contributed by atoms with Crippen LogP contribution < -0.4 is 5.73 Å². The van der Waals surface area contributed by atoms with Crippen LogP contribution in [0.1, 0.15) is 12.1 Å². The van der Waals surface area contributed by atoms with E-state index in [-0.39, 0.29) is 24.8 Å². The fourth-order valence-electron chi connectivity index (χ4n) is 1.52. The predicted octanol–water partition coefficient (Wildman–Crippen LogP) is 2.29. The molecule has 2 heterocycles. The zero-order valence-electron chi connectivity index (χ0n) is 8.47. The Hall–Kier alpha value is -0.290. The van der Waals surface area contributed by atoms with Gasteiger partial charge in [-0.25, -0.2) is 0 Å². The van der Waals surface area contributed by atoms with Crippen LogP contribution in [0.3, 0.4) is 0 Å². The third kappa shape index (κ3) is 3.65. The molecule has 1 aliphatic heterocycles. The molecule has 1 aromatic heterocycles. The summed E-state index contributed by atoms with van der Waals surface area (Å²) in [5, 5.41) is 0.795. The van der Waals surface area contributed by atoms with Crippen molar-refractivity contribution in [3.8, 4) is 0 Å². The van der Waals surface area contributed by atoms with E-state index < -0.39 is 0 Å². The first kappa shape index (κ1) is 14.7. The Labute approximate surface area is 106 Å². The summed E-state index contributed by atoms with van der Waals surface area (Å²) < 4.78 is 4.30. The highest BCUT2D eigenvalue weighted by molar-refractivity contribution is 7.10. The average molecular weight is 268 g/mol. The van der Waals surface area contributed by atoms with Gasteiger partial charge in [0.2, 0.25) is 0 Å². The lowest BCUT2D eigenvalue weighted by atomic mass is 10.1. The molecule has 0 atom stereocenters. The zero-order valence-corrected chi connectivity index (χ0v) is 10.9. The average Bonchev–Trinajstić information content (AvgIpc) is 2.52. The molecular formula is C9H15Cl2N3S. The normalized spacial score (nSPS) is 16.2. The summed E-state index contributed by atoms with van der Waals surface area (Å²) in [4.78, 5) is 2.30. The van der Waals surface area contributed by atoms with Crippen molar-refractivity contribution in [1.29, 1.82) is 0 Å². The molecule has 0 unspecified atom stereocenters. The second kappa shape index (κ2) is 6.33. The van der Waals surface area contributed by atoms with Crippen molar-refractivity contribution in [3.05, 3.63) is 17.8 Å². The maximum absolute atomic E-state index is 5.64. The zero-order chi connectivity index (χ0) is 9.26. The van der Waals surface area contributed by atoms with Crippen molar-refractivity contribution >= 4 is 46.9 Å². The minimum atomic E-state index is 0. The van der Waals surface area contributed by atoms with E-state index in [1.807, 2.05) is 6.07 Å². The predicted molar refractivity (Wildman–Crippen MR) is 71.1 cm³/mol. The summed E-state index contributed by atoms with van der Waals surface area (Å²) in [7, 11) is 2.13. The van der Waals surface area contributed by atoms with Crippen molar-refractivity contribution in [2.75, 3.05) is 25.9 Å². The van der Waals surface area contributed by atoms with Crippen molar-refractivity contribution < 1.29 is 0 Å². The Balaban J connectivity index is 0.000000980. The SMILES string of the molecule is CN1CCC=C(c2cc(N)sn2)C1.Cl.Cl. The van der Waals surface area contributed by atoms with E-state index in [1.165, 1.54) is 17.1 Å². The van der Waals surface area contributed by atoms with Gasteiger partial charge in [0.15, 0.2) is 0 Å². The van der Waals surface area contributed by atoms with Crippen molar-refractivity contribution in [1.82, 2.24) is 9.27 Å². The number of nitrogens with two attached hydrogens (primary N) is 1. The Morgan fingerprint density at radius 3 is 2.73 bits per heavy atom. The second-order valence-corrected chi connectivity index (χ2v) is 4.21. The van der Waals surface area contributed by atoms with Gasteiger partial charge in [-0.1, -0.05) is 6.08 Å². The molecule has 3 nitrogen and oxygen atoms in total. The van der Waals surface area contributed by atoms with Crippen LogP contribution in [0, 0.1) is 0 Å². The molecular weight excluding hydrogens is 253 g/mol. The largest absolute Gasteiger partial charge is 0.389 e. The Morgan fingerprint density at radius 2 is 2.20 bits per heavy atom. The maximum atomic E-state index is 5.64. The van der Waals surface area contributed by atoms with Gasteiger partial charge < -0.3 is 10.6 Å². The summed E-state index contributed by atoms with van der Waals surface area (Å²) in [5.74, 6) is 0. The molecule has 0 radical (unpaired) electrons. The molecule has 86 valence electrons. The topological polar surface area (TPSA) is 42.1 Å². The Morgan fingerprint density at radius 1 is 1.47 bits per heavy atom. The lowest BCUT2D eigenvalue weighted by Crippen LogP contribution is -2.24. The Kier molecular flexibility index (Phi) is 6.20. The van der Waals surface area contributed by atoms with Gasteiger partial charge in [0.25, 0.3) is 0 Å². The molecule has 0 spiro atoms. The van der Waals surface area contributed by atoms with E-state index in [9.17, 15) is 0 Å². The summed E-state index contributed by atoms with van der Waals surface area (Å²) in [6.07, 6.45) is 3.37. The lowest BCUT2D eigenvalue weighted by molar-refractivity contribution is 0.372. The maximum Gasteiger partial charge on any atom is 0.107 e. The highest BCUT2D eigenvalue weighted by atomic mass is 35.5. The number of hydrogen-bond acceptors (Lipinski definition) is 4. The van der Waals surface area contributed by atoms with Crippen molar-refractivity contribution in [3.63, 3.8) is 0 Å². The highest BCUT2D eigenvalue weighted by Crippen LogP contribution is 2.22. The number of nitrogens with zero attached hydrogens (tertiary/aromatic N) is 2. The van der Waals surface area contributed by atoms with Gasteiger partial charge in [0.1, 0.15) is 5.00 Å². The van der Waals surface area contributed by atoms with Gasteiger partial charge in [-0.2, -0.15) is 4.37 Å². The van der Waals surface area contributed by atoms with Gasteiger partial charge in [-0.05, 0) is 30.6 Å². The van der Waals surface area contributed by atoms with Crippen LogP contribution in [0.5, 0.6) is 0 Å². The fraction of sp³-hybridized carbons (Fsp3) is 0.444. The summed E-state index contributed by atoms with van der Waals surface area (Å²) in [6.45, 7) is 2.13. The second-order valence-electron chi connectivity index (χ2n) is 3.37. The van der Waals surface area contributed by atoms with Crippen LogP contribution in [-0.4, -0.2) is 29.4 Å². The van der Waals surface area contributed by atoms with Gasteiger partial charge in [0.05, 0.1) is 5.69 Å². The van der Waals surface area contributed by atoms with Gasteiger partial charge in [-0.15, -0.1) is 24.8 Å². The van der Waals surface area contributed by atoms with E-state index in [4.69, 9.17) is 5.73 Å². The molecule has 15 heavy (non-hydrogen) atoms. The van der Waals surface area contributed by atoms with E-state index in [2.05, 4.69) is 22.4 Å². The standard InChI is InChI=1S/C9H13N3S.2ClH/c1-12-4-2-3-7(6-12)8-5-9(10)13-11-8;;/h3,5H,2,4,6,10H2,1H3;2*1H. The molecule has 6 heteroatoms. The highest BCUT2D eigenvalue weighted by Gasteiger charge is 2.12. The first-order chi connectivity index (χ1) is 6.25. The van der Waals surface area contributed by atoms with Crippen LogP contribution in [-0.2, 0) is 0 Å². The minimum absolute atomic E-state index is 0. The van der Waals surface area contributed by atoms with E-state index in [1.54, 1.807) is 0 Å². The first-order valence-electron chi connectivity index (χ1n) is 4.36. The molecule has 1 aromatic rings. The molecule has 0 aliphatic carbocycles. The molecule has 2 rings (SSSR count). The molecule has 0 bridgehead atoms. The third-order valence-electron chi connectivity index (χ3n) is 2.20. The van der Waals surface area contributed by atoms with Crippen LogP contribution in [0.15, 0.2) is 12.1 Å². The van der Waals surface area contributed by atoms with Crippen LogP contribution in [0.4, 0.5) is 5.00 Å².